The van der Waals surface area contributed by atoms with E-state index >= 15 is 0 Å². The molecule has 0 aliphatic heterocycles. The Morgan fingerprint density at radius 3 is 2.14 bits per heavy atom. The van der Waals surface area contributed by atoms with Crippen LogP contribution in [0.2, 0.25) is 5.02 Å². The molecule has 0 saturated carbocycles. The second-order valence-corrected chi connectivity index (χ2v) is 3.08. The minimum absolute atomic E-state index is 0.192. The van der Waals surface area contributed by atoms with E-state index in [1.807, 2.05) is 0 Å². The van der Waals surface area contributed by atoms with Crippen molar-refractivity contribution >= 4 is 24.2 Å². The number of alkyl halides is 3. The highest BCUT2D eigenvalue weighted by Crippen LogP contribution is 2.30. The molecule has 2 nitrogen and oxygen atoms in total. The van der Waals surface area contributed by atoms with Crippen LogP contribution in [0, 0.1) is 0 Å². The zero-order valence-corrected chi connectivity index (χ0v) is 7.47. The van der Waals surface area contributed by atoms with Gasteiger partial charge in [0.25, 0.3) is 0 Å². The van der Waals surface area contributed by atoms with E-state index in [0.29, 0.717) is 12.1 Å². The van der Waals surface area contributed by atoms with Crippen LogP contribution in [-0.4, -0.2) is 17.2 Å². The lowest BCUT2D eigenvalue weighted by atomic mass is 9.79. The largest absolute Gasteiger partial charge is 0.488 e. The second-order valence-electron chi connectivity index (χ2n) is 2.64. The van der Waals surface area contributed by atoms with Gasteiger partial charge in [0.15, 0.2) is 0 Å². The van der Waals surface area contributed by atoms with Crippen LogP contribution in [-0.2, 0) is 6.18 Å². The van der Waals surface area contributed by atoms with Crippen molar-refractivity contribution in [2.45, 2.75) is 6.18 Å². The van der Waals surface area contributed by atoms with E-state index in [9.17, 15) is 13.2 Å². The van der Waals surface area contributed by atoms with Crippen LogP contribution in [0.25, 0.3) is 0 Å². The van der Waals surface area contributed by atoms with Crippen molar-refractivity contribution in [3.05, 3.63) is 28.8 Å². The summed E-state index contributed by atoms with van der Waals surface area (Å²) < 4.78 is 36.6. The molecule has 0 heterocycles. The van der Waals surface area contributed by atoms with Crippen molar-refractivity contribution in [2.75, 3.05) is 0 Å². The highest BCUT2D eigenvalue weighted by atomic mass is 35.5. The maximum absolute atomic E-state index is 12.2. The van der Waals surface area contributed by atoms with Gasteiger partial charge in [0.1, 0.15) is 0 Å². The van der Waals surface area contributed by atoms with Gasteiger partial charge in [0.2, 0.25) is 0 Å². The average Bonchev–Trinajstić information content (AvgIpc) is 2.01. The number of benzene rings is 1. The second kappa shape index (κ2) is 3.80. The SMILES string of the molecule is OB(O)c1cc(Cl)cc(C(F)(F)F)c1. The minimum Gasteiger partial charge on any atom is -0.423 e. The van der Waals surface area contributed by atoms with Crippen LogP contribution in [0.5, 0.6) is 0 Å². The molecule has 14 heavy (non-hydrogen) atoms. The third kappa shape index (κ3) is 2.63. The van der Waals surface area contributed by atoms with E-state index in [2.05, 4.69) is 0 Å². The lowest BCUT2D eigenvalue weighted by molar-refractivity contribution is -0.137. The van der Waals surface area contributed by atoms with Gasteiger partial charge in [0.05, 0.1) is 5.56 Å². The standard InChI is InChI=1S/C7H5BClF3O2/c9-6-2-4(7(10,11)12)1-5(3-6)8(13)14/h1-3,13-14H. The van der Waals surface area contributed by atoms with Crippen LogP contribution >= 0.6 is 11.6 Å². The van der Waals surface area contributed by atoms with Gasteiger partial charge in [-0.15, -0.1) is 0 Å². The third-order valence-electron chi connectivity index (χ3n) is 1.55. The fourth-order valence-electron chi connectivity index (χ4n) is 0.925. The molecule has 0 saturated heterocycles. The van der Waals surface area contributed by atoms with E-state index in [-0.39, 0.29) is 10.5 Å². The highest BCUT2D eigenvalue weighted by molar-refractivity contribution is 6.59. The van der Waals surface area contributed by atoms with Crippen molar-refractivity contribution in [1.29, 1.82) is 0 Å². The zero-order chi connectivity index (χ0) is 10.9. The molecule has 0 aliphatic rings. The molecule has 1 rings (SSSR count). The van der Waals surface area contributed by atoms with Crippen molar-refractivity contribution < 1.29 is 23.2 Å². The van der Waals surface area contributed by atoms with Crippen LogP contribution < -0.4 is 5.46 Å². The molecular formula is C7H5BClF3O2. The average molecular weight is 224 g/mol. The van der Waals surface area contributed by atoms with Gasteiger partial charge in [-0.25, -0.2) is 0 Å². The maximum Gasteiger partial charge on any atom is 0.488 e. The molecule has 1 aromatic rings. The third-order valence-corrected chi connectivity index (χ3v) is 1.76. The first-order valence-corrected chi connectivity index (χ1v) is 3.92. The van der Waals surface area contributed by atoms with Crippen molar-refractivity contribution in [2.24, 2.45) is 0 Å². The van der Waals surface area contributed by atoms with Crippen molar-refractivity contribution in [3.8, 4) is 0 Å². The Kier molecular flexibility index (Phi) is 3.09. The van der Waals surface area contributed by atoms with E-state index in [4.69, 9.17) is 21.6 Å². The Hall–Kier alpha value is -0.715. The Balaban J connectivity index is 3.21. The quantitative estimate of drug-likeness (QED) is 0.700. The molecule has 0 unspecified atom stereocenters. The molecule has 0 amide bonds. The monoisotopic (exact) mass is 224 g/mol. The van der Waals surface area contributed by atoms with Gasteiger partial charge >= 0.3 is 13.3 Å². The molecule has 0 aromatic heterocycles. The summed E-state index contributed by atoms with van der Waals surface area (Å²) in [5.41, 5.74) is -1.29. The predicted molar refractivity (Wildman–Crippen MR) is 46.3 cm³/mol. The first-order valence-electron chi connectivity index (χ1n) is 3.54. The van der Waals surface area contributed by atoms with E-state index in [1.165, 1.54) is 0 Å². The fourth-order valence-corrected chi connectivity index (χ4v) is 1.17. The number of halogens is 4. The molecular weight excluding hydrogens is 219 g/mol. The van der Waals surface area contributed by atoms with Gasteiger partial charge in [0, 0.05) is 5.02 Å². The minimum atomic E-state index is -4.55. The van der Waals surface area contributed by atoms with Gasteiger partial charge in [-0.3, -0.25) is 0 Å². The Morgan fingerprint density at radius 2 is 1.71 bits per heavy atom. The summed E-state index contributed by atoms with van der Waals surface area (Å²) in [7, 11) is -1.96. The van der Waals surface area contributed by atoms with Crippen LogP contribution in [0.1, 0.15) is 5.56 Å². The summed E-state index contributed by atoms with van der Waals surface area (Å²) in [5.74, 6) is 0. The molecule has 2 N–H and O–H groups in total. The van der Waals surface area contributed by atoms with Gasteiger partial charge in [-0.05, 0) is 17.6 Å². The molecule has 0 atom stereocenters. The Bertz CT molecular complexity index is 340. The van der Waals surface area contributed by atoms with Crippen molar-refractivity contribution in [1.82, 2.24) is 0 Å². The first kappa shape index (κ1) is 11.4. The molecule has 0 bridgehead atoms. The number of hydrogen-bond acceptors (Lipinski definition) is 2. The number of rotatable bonds is 1. The highest BCUT2D eigenvalue weighted by Gasteiger charge is 2.32. The Labute approximate surface area is 83.1 Å². The predicted octanol–water partition coefficient (Wildman–Crippen LogP) is 1.04. The zero-order valence-electron chi connectivity index (χ0n) is 6.72. The van der Waals surface area contributed by atoms with E-state index in [1.54, 1.807) is 0 Å². The summed E-state index contributed by atoms with van der Waals surface area (Å²) in [6, 6.07) is 2.41. The topological polar surface area (TPSA) is 40.5 Å². The maximum atomic E-state index is 12.2. The van der Waals surface area contributed by atoms with E-state index in [0.717, 1.165) is 6.07 Å². The molecule has 1 aromatic carbocycles. The fraction of sp³-hybridized carbons (Fsp3) is 0.143. The molecule has 76 valence electrons. The van der Waals surface area contributed by atoms with Crippen LogP contribution in [0.15, 0.2) is 18.2 Å². The normalized spacial score (nSPS) is 11.6. The lowest BCUT2D eigenvalue weighted by Crippen LogP contribution is -2.30. The van der Waals surface area contributed by atoms with E-state index < -0.39 is 18.9 Å². The van der Waals surface area contributed by atoms with Gasteiger partial charge in [-0.1, -0.05) is 17.7 Å². The molecule has 0 radical (unpaired) electrons. The van der Waals surface area contributed by atoms with Crippen LogP contribution in [0.3, 0.4) is 0 Å². The summed E-state index contributed by atoms with van der Waals surface area (Å²) in [6.45, 7) is 0. The molecule has 0 spiro atoms. The van der Waals surface area contributed by atoms with Crippen molar-refractivity contribution in [3.63, 3.8) is 0 Å². The summed E-state index contributed by atoms with van der Waals surface area (Å²) in [5, 5.41) is 17.1. The van der Waals surface area contributed by atoms with Gasteiger partial charge in [-0.2, -0.15) is 13.2 Å². The molecule has 7 heteroatoms. The smallest absolute Gasteiger partial charge is 0.423 e. The van der Waals surface area contributed by atoms with Gasteiger partial charge < -0.3 is 10.0 Å². The molecule has 0 aliphatic carbocycles. The summed E-state index contributed by atoms with van der Waals surface area (Å²) in [4.78, 5) is 0. The number of hydrogen-bond donors (Lipinski definition) is 2. The first-order chi connectivity index (χ1) is 6.30. The summed E-state index contributed by atoms with van der Waals surface area (Å²) >= 11 is 5.38. The lowest BCUT2D eigenvalue weighted by Gasteiger charge is -2.09. The molecule has 0 fully saturated rings. The van der Waals surface area contributed by atoms with Crippen LogP contribution in [0.4, 0.5) is 13.2 Å². The summed E-state index contributed by atoms with van der Waals surface area (Å²) in [6.07, 6.45) is -4.55. The Morgan fingerprint density at radius 1 is 1.14 bits per heavy atom.